The molecule has 1 aliphatic rings. The van der Waals surface area contributed by atoms with Gasteiger partial charge in [0.1, 0.15) is 10.7 Å². The number of aromatic nitrogens is 5. The van der Waals surface area contributed by atoms with Crippen LogP contribution in [0, 0.1) is 0 Å². The highest BCUT2D eigenvalue weighted by atomic mass is 32.2. The Morgan fingerprint density at radius 2 is 1.72 bits per heavy atom. The highest BCUT2D eigenvalue weighted by Crippen LogP contribution is 2.43. The van der Waals surface area contributed by atoms with Gasteiger partial charge in [-0.05, 0) is 49.9 Å². The summed E-state index contributed by atoms with van der Waals surface area (Å²) in [5, 5.41) is 18.6. The van der Waals surface area contributed by atoms with E-state index in [-0.39, 0.29) is 47.4 Å². The zero-order valence-electron chi connectivity index (χ0n) is 23.8. The lowest BCUT2D eigenvalue weighted by Gasteiger charge is -2.36. The van der Waals surface area contributed by atoms with E-state index in [9.17, 15) is 26.7 Å². The number of sulfone groups is 2. The third-order valence-electron chi connectivity index (χ3n) is 7.69. The molecular weight excluding hydrogens is 600 g/mol. The number of nitrogen functional groups attached to an aromatic ring is 1. The van der Waals surface area contributed by atoms with Crippen LogP contribution in [-0.4, -0.2) is 90.7 Å². The molecule has 0 spiro atoms. The molecule has 1 aromatic carbocycles. The molecule has 43 heavy (non-hydrogen) atoms. The third-order valence-corrected chi connectivity index (χ3v) is 9.98. The number of benzene rings is 1. The van der Waals surface area contributed by atoms with Gasteiger partial charge in [-0.1, -0.05) is 0 Å². The molecule has 16 heteroatoms. The number of nitrogens with zero attached hydrogens (tertiary/aromatic N) is 5. The fraction of sp³-hybridized carbons (Fsp3) is 0.407. The minimum absolute atomic E-state index is 0.0936. The lowest BCUT2D eigenvalue weighted by atomic mass is 9.77. The molecule has 0 aliphatic heterocycles. The van der Waals surface area contributed by atoms with Crippen LogP contribution in [0.3, 0.4) is 0 Å². The van der Waals surface area contributed by atoms with Crippen molar-refractivity contribution in [2.24, 2.45) is 0 Å². The van der Waals surface area contributed by atoms with E-state index in [2.05, 4.69) is 10.2 Å². The van der Waals surface area contributed by atoms with Gasteiger partial charge in [-0.3, -0.25) is 0 Å². The molecule has 3 N–H and O–H groups in total. The fourth-order valence-electron chi connectivity index (χ4n) is 5.43. The standard InChI is InChI=1S/C27H32N6O8S2/c1-40-12-13-41-27(26(34)35)10-8-17(9-11-27)22-23(43(3,38)39)24(28)33-25(31-22)21(15-30-33)18-14-29-32(16-18)19-4-6-20(7-5-19)42(2,36)37/h4-7,14-17H,8-13,28H2,1-3H3,(H,34,35). The molecule has 3 aromatic heterocycles. The average molecular weight is 633 g/mol. The van der Waals surface area contributed by atoms with Crippen LogP contribution in [0.15, 0.2) is 52.6 Å². The molecule has 4 aromatic rings. The van der Waals surface area contributed by atoms with Crippen molar-refractivity contribution in [1.29, 1.82) is 0 Å². The van der Waals surface area contributed by atoms with Crippen LogP contribution in [0.5, 0.6) is 0 Å². The van der Waals surface area contributed by atoms with E-state index in [1.54, 1.807) is 29.2 Å². The summed E-state index contributed by atoms with van der Waals surface area (Å²) in [6.07, 6.45) is 7.95. The van der Waals surface area contributed by atoms with Crippen molar-refractivity contribution in [2.45, 2.75) is 47.0 Å². The fourth-order valence-corrected chi connectivity index (χ4v) is 7.11. The van der Waals surface area contributed by atoms with Gasteiger partial charge in [-0.2, -0.15) is 14.7 Å². The van der Waals surface area contributed by atoms with E-state index in [1.165, 1.54) is 30.0 Å². The van der Waals surface area contributed by atoms with Crippen LogP contribution in [-0.2, 0) is 33.9 Å². The first-order valence-corrected chi connectivity index (χ1v) is 17.1. The van der Waals surface area contributed by atoms with Gasteiger partial charge < -0.3 is 20.3 Å². The zero-order valence-corrected chi connectivity index (χ0v) is 25.4. The number of carboxylic acid groups (broad SMARTS) is 1. The van der Waals surface area contributed by atoms with Crippen molar-refractivity contribution in [3.8, 4) is 16.8 Å². The Morgan fingerprint density at radius 1 is 1.05 bits per heavy atom. The van der Waals surface area contributed by atoms with Crippen molar-refractivity contribution >= 4 is 37.1 Å². The number of anilines is 1. The molecule has 1 aliphatic carbocycles. The Bertz CT molecular complexity index is 1890. The van der Waals surface area contributed by atoms with Crippen LogP contribution in [0.2, 0.25) is 0 Å². The Balaban J connectivity index is 1.52. The number of hydrogen-bond donors (Lipinski definition) is 2. The van der Waals surface area contributed by atoms with E-state index in [0.29, 0.717) is 35.3 Å². The van der Waals surface area contributed by atoms with Gasteiger partial charge in [0.05, 0.1) is 41.9 Å². The molecule has 230 valence electrons. The summed E-state index contributed by atoms with van der Waals surface area (Å²) in [4.78, 5) is 17.0. The summed E-state index contributed by atoms with van der Waals surface area (Å²) in [5.74, 6) is -1.56. The van der Waals surface area contributed by atoms with Gasteiger partial charge in [0, 0.05) is 42.9 Å². The first kappa shape index (κ1) is 30.6. The highest BCUT2D eigenvalue weighted by molar-refractivity contribution is 7.91. The number of nitrogens with two attached hydrogens (primary N) is 1. The Hall–Kier alpha value is -3.86. The summed E-state index contributed by atoms with van der Waals surface area (Å²) < 4.78 is 63.1. The third kappa shape index (κ3) is 5.87. The predicted octanol–water partition coefficient (Wildman–Crippen LogP) is 2.12. The van der Waals surface area contributed by atoms with Crippen LogP contribution >= 0.6 is 0 Å². The lowest BCUT2D eigenvalue weighted by Crippen LogP contribution is -2.45. The van der Waals surface area contributed by atoms with E-state index in [4.69, 9.17) is 20.2 Å². The smallest absolute Gasteiger partial charge is 0.335 e. The second-order valence-electron chi connectivity index (χ2n) is 10.6. The molecule has 3 heterocycles. The molecule has 1 fully saturated rings. The monoisotopic (exact) mass is 632 g/mol. The highest BCUT2D eigenvalue weighted by Gasteiger charge is 2.44. The first-order valence-electron chi connectivity index (χ1n) is 13.3. The number of hydrogen-bond acceptors (Lipinski definition) is 11. The quantitative estimate of drug-likeness (QED) is 0.242. The van der Waals surface area contributed by atoms with Gasteiger partial charge in [-0.15, -0.1) is 0 Å². The molecule has 0 amide bonds. The second kappa shape index (κ2) is 11.3. The number of ether oxygens (including phenoxy) is 2. The zero-order chi connectivity index (χ0) is 31.2. The van der Waals surface area contributed by atoms with E-state index < -0.39 is 37.2 Å². The van der Waals surface area contributed by atoms with Gasteiger partial charge in [0.2, 0.25) is 0 Å². The topological polar surface area (TPSA) is 198 Å². The molecule has 0 unspecified atom stereocenters. The number of aliphatic carboxylic acids is 1. The number of carbonyl (C=O) groups is 1. The van der Waals surface area contributed by atoms with Crippen molar-refractivity contribution in [2.75, 3.05) is 38.6 Å². The van der Waals surface area contributed by atoms with Gasteiger partial charge in [0.15, 0.2) is 30.9 Å². The van der Waals surface area contributed by atoms with Crippen LogP contribution in [0.4, 0.5) is 5.82 Å². The SMILES string of the molecule is COCCOC1(C(=O)O)CCC(c2nc3c(-c4cnn(-c5ccc(S(C)(=O)=O)cc5)c4)cnn3c(N)c2S(C)(=O)=O)CC1. The van der Waals surface area contributed by atoms with E-state index in [1.807, 2.05) is 0 Å². The van der Waals surface area contributed by atoms with Gasteiger partial charge in [0.25, 0.3) is 0 Å². The summed E-state index contributed by atoms with van der Waals surface area (Å²) in [7, 11) is -5.69. The first-order chi connectivity index (χ1) is 20.2. The number of methoxy groups -OCH3 is 1. The van der Waals surface area contributed by atoms with Gasteiger partial charge in [-0.25, -0.2) is 31.3 Å². The average Bonchev–Trinajstić information content (AvgIpc) is 3.60. The Morgan fingerprint density at radius 3 is 2.30 bits per heavy atom. The normalized spacial score (nSPS) is 19.6. The van der Waals surface area contributed by atoms with E-state index in [0.717, 1.165) is 12.5 Å². The predicted molar refractivity (Wildman–Crippen MR) is 156 cm³/mol. The maximum Gasteiger partial charge on any atom is 0.335 e. The summed E-state index contributed by atoms with van der Waals surface area (Å²) in [6.45, 7) is 0.367. The Labute approximate surface area is 248 Å². The summed E-state index contributed by atoms with van der Waals surface area (Å²) in [6, 6.07) is 6.26. The molecule has 0 radical (unpaired) electrons. The van der Waals surface area contributed by atoms with E-state index >= 15 is 0 Å². The second-order valence-corrected chi connectivity index (χ2v) is 14.6. The summed E-state index contributed by atoms with van der Waals surface area (Å²) in [5.41, 5.74) is 7.38. The van der Waals surface area contributed by atoms with Crippen molar-refractivity contribution in [3.63, 3.8) is 0 Å². The lowest BCUT2D eigenvalue weighted by molar-refractivity contribution is -0.173. The minimum Gasteiger partial charge on any atom is -0.479 e. The van der Waals surface area contributed by atoms with Crippen LogP contribution in [0.25, 0.3) is 22.5 Å². The largest absolute Gasteiger partial charge is 0.479 e. The molecule has 5 rings (SSSR count). The molecule has 0 saturated heterocycles. The van der Waals surface area contributed by atoms with Crippen LogP contribution < -0.4 is 5.73 Å². The van der Waals surface area contributed by atoms with Crippen LogP contribution in [0.1, 0.15) is 37.3 Å². The molecular formula is C27H32N6O8S2. The molecule has 1 saturated carbocycles. The number of rotatable bonds is 10. The summed E-state index contributed by atoms with van der Waals surface area (Å²) >= 11 is 0. The maximum atomic E-state index is 12.9. The van der Waals surface area contributed by atoms with Crippen molar-refractivity contribution in [1.82, 2.24) is 24.4 Å². The molecule has 0 bridgehead atoms. The minimum atomic E-state index is -3.84. The van der Waals surface area contributed by atoms with Gasteiger partial charge >= 0.3 is 5.97 Å². The van der Waals surface area contributed by atoms with Crippen molar-refractivity contribution in [3.05, 3.63) is 48.5 Å². The van der Waals surface area contributed by atoms with Crippen molar-refractivity contribution < 1.29 is 36.2 Å². The molecule has 0 atom stereocenters. The Kier molecular flexibility index (Phi) is 8.06. The maximum absolute atomic E-state index is 12.9. The number of carboxylic acids is 1. The number of fused-ring (bicyclic) bond motifs is 1. The molecule has 14 nitrogen and oxygen atoms in total.